The van der Waals surface area contributed by atoms with Crippen LogP contribution in [0.3, 0.4) is 0 Å². The van der Waals surface area contributed by atoms with Gasteiger partial charge in [-0.05, 0) is 48.7 Å². The van der Waals surface area contributed by atoms with Crippen LogP contribution in [0.4, 0.5) is 11.4 Å². The summed E-state index contributed by atoms with van der Waals surface area (Å²) in [6.07, 6.45) is 1.29. The zero-order valence-electron chi connectivity index (χ0n) is 17.3. The van der Waals surface area contributed by atoms with E-state index in [-0.39, 0.29) is 17.7 Å². The van der Waals surface area contributed by atoms with Gasteiger partial charge >= 0.3 is 0 Å². The van der Waals surface area contributed by atoms with E-state index in [1.54, 1.807) is 4.90 Å². The summed E-state index contributed by atoms with van der Waals surface area (Å²) in [5.41, 5.74) is 4.61. The highest BCUT2D eigenvalue weighted by Crippen LogP contribution is 2.27. The molecule has 152 valence electrons. The minimum absolute atomic E-state index is 0.0472. The van der Waals surface area contributed by atoms with Crippen molar-refractivity contribution in [2.24, 2.45) is 5.92 Å². The molecule has 0 N–H and O–H groups in total. The second-order valence-electron chi connectivity index (χ2n) is 8.08. The molecule has 29 heavy (non-hydrogen) atoms. The molecule has 2 amide bonds. The molecule has 0 bridgehead atoms. The van der Waals surface area contributed by atoms with Gasteiger partial charge in [0, 0.05) is 50.5 Å². The summed E-state index contributed by atoms with van der Waals surface area (Å²) in [5.74, 6) is -0.0696. The SMILES string of the molecule is CCc1ccc(N2CC(C(=O)N3CCN(c4cccc(C)c4)CC3)CC2=O)cc1. The number of benzene rings is 2. The molecule has 0 aromatic heterocycles. The fourth-order valence-corrected chi connectivity index (χ4v) is 4.30. The van der Waals surface area contributed by atoms with Crippen LogP contribution in [0.1, 0.15) is 24.5 Å². The van der Waals surface area contributed by atoms with Gasteiger partial charge in [-0.2, -0.15) is 0 Å². The van der Waals surface area contributed by atoms with E-state index in [0.29, 0.717) is 26.1 Å². The zero-order chi connectivity index (χ0) is 20.4. The van der Waals surface area contributed by atoms with Crippen LogP contribution in [-0.2, 0) is 16.0 Å². The molecule has 0 aliphatic carbocycles. The van der Waals surface area contributed by atoms with Gasteiger partial charge in [0.05, 0.1) is 5.92 Å². The van der Waals surface area contributed by atoms with Crippen molar-refractivity contribution in [1.82, 2.24) is 4.90 Å². The lowest BCUT2D eigenvalue weighted by atomic mass is 10.1. The Morgan fingerprint density at radius 3 is 2.38 bits per heavy atom. The van der Waals surface area contributed by atoms with Gasteiger partial charge in [0.1, 0.15) is 0 Å². The van der Waals surface area contributed by atoms with E-state index in [9.17, 15) is 9.59 Å². The third kappa shape index (κ3) is 4.14. The predicted molar refractivity (Wildman–Crippen MR) is 116 cm³/mol. The Morgan fingerprint density at radius 1 is 1.00 bits per heavy atom. The number of rotatable bonds is 4. The number of hydrogen-bond acceptors (Lipinski definition) is 3. The predicted octanol–water partition coefficient (Wildman–Crippen LogP) is 3.26. The van der Waals surface area contributed by atoms with Crippen LogP contribution in [0.5, 0.6) is 0 Å². The molecule has 0 radical (unpaired) electrons. The van der Waals surface area contributed by atoms with Gasteiger partial charge in [-0.25, -0.2) is 0 Å². The number of aryl methyl sites for hydroxylation is 2. The minimum Gasteiger partial charge on any atom is -0.368 e. The molecule has 2 saturated heterocycles. The maximum atomic E-state index is 13.0. The second kappa shape index (κ2) is 8.27. The van der Waals surface area contributed by atoms with Crippen molar-refractivity contribution in [2.75, 3.05) is 42.5 Å². The van der Waals surface area contributed by atoms with Crippen molar-refractivity contribution in [1.29, 1.82) is 0 Å². The monoisotopic (exact) mass is 391 g/mol. The van der Waals surface area contributed by atoms with Crippen molar-refractivity contribution in [3.63, 3.8) is 0 Å². The van der Waals surface area contributed by atoms with E-state index in [1.807, 2.05) is 17.0 Å². The topological polar surface area (TPSA) is 43.9 Å². The van der Waals surface area contributed by atoms with Crippen molar-refractivity contribution in [3.8, 4) is 0 Å². The summed E-state index contributed by atoms with van der Waals surface area (Å²) in [6, 6.07) is 16.6. The lowest BCUT2D eigenvalue weighted by molar-refractivity contribution is -0.136. The Labute approximate surface area is 172 Å². The molecular weight excluding hydrogens is 362 g/mol. The summed E-state index contributed by atoms with van der Waals surface area (Å²) in [5, 5.41) is 0. The van der Waals surface area contributed by atoms with E-state index < -0.39 is 0 Å². The van der Waals surface area contributed by atoms with Gasteiger partial charge in [0.15, 0.2) is 0 Å². The Morgan fingerprint density at radius 2 is 1.72 bits per heavy atom. The van der Waals surface area contributed by atoms with Crippen molar-refractivity contribution >= 4 is 23.2 Å². The maximum absolute atomic E-state index is 13.0. The molecular formula is C24H29N3O2. The van der Waals surface area contributed by atoms with E-state index >= 15 is 0 Å². The molecule has 5 heteroatoms. The van der Waals surface area contributed by atoms with Crippen molar-refractivity contribution < 1.29 is 9.59 Å². The number of amides is 2. The van der Waals surface area contributed by atoms with Crippen LogP contribution in [0.25, 0.3) is 0 Å². The first-order valence-corrected chi connectivity index (χ1v) is 10.5. The van der Waals surface area contributed by atoms with E-state index in [1.165, 1.54) is 16.8 Å². The highest BCUT2D eigenvalue weighted by Gasteiger charge is 2.37. The first-order valence-electron chi connectivity index (χ1n) is 10.5. The molecule has 5 nitrogen and oxygen atoms in total. The molecule has 1 unspecified atom stereocenters. The van der Waals surface area contributed by atoms with Crippen LogP contribution in [0, 0.1) is 12.8 Å². The smallest absolute Gasteiger partial charge is 0.228 e. The van der Waals surface area contributed by atoms with Gasteiger partial charge in [0.25, 0.3) is 0 Å². The molecule has 2 aliphatic heterocycles. The summed E-state index contributed by atoms with van der Waals surface area (Å²) < 4.78 is 0. The average Bonchev–Trinajstić information content (AvgIpc) is 3.15. The number of hydrogen-bond donors (Lipinski definition) is 0. The van der Waals surface area contributed by atoms with Crippen molar-refractivity contribution in [2.45, 2.75) is 26.7 Å². The molecule has 2 heterocycles. The summed E-state index contributed by atoms with van der Waals surface area (Å²) >= 11 is 0. The van der Waals surface area contributed by atoms with Crippen molar-refractivity contribution in [3.05, 3.63) is 59.7 Å². The first kappa shape index (κ1) is 19.5. The quantitative estimate of drug-likeness (QED) is 0.804. The molecule has 0 saturated carbocycles. The van der Waals surface area contributed by atoms with Gasteiger partial charge in [-0.1, -0.05) is 31.2 Å². The first-order chi connectivity index (χ1) is 14.0. The van der Waals surface area contributed by atoms with Crippen LogP contribution >= 0.6 is 0 Å². The Kier molecular flexibility index (Phi) is 5.56. The fourth-order valence-electron chi connectivity index (χ4n) is 4.30. The van der Waals surface area contributed by atoms with Crippen LogP contribution in [0.15, 0.2) is 48.5 Å². The van der Waals surface area contributed by atoms with E-state index in [4.69, 9.17) is 0 Å². The van der Waals surface area contributed by atoms with Crippen LogP contribution < -0.4 is 9.80 Å². The highest BCUT2D eigenvalue weighted by atomic mass is 16.2. The molecule has 1 atom stereocenters. The lowest BCUT2D eigenvalue weighted by Gasteiger charge is -2.37. The largest absolute Gasteiger partial charge is 0.368 e. The van der Waals surface area contributed by atoms with Crippen LogP contribution in [-0.4, -0.2) is 49.4 Å². The number of nitrogens with zero attached hydrogens (tertiary/aromatic N) is 3. The fraction of sp³-hybridized carbons (Fsp3) is 0.417. The van der Waals surface area contributed by atoms with Gasteiger partial charge in [0.2, 0.25) is 11.8 Å². The van der Waals surface area contributed by atoms with Gasteiger partial charge in [-0.15, -0.1) is 0 Å². The molecule has 2 fully saturated rings. The zero-order valence-corrected chi connectivity index (χ0v) is 17.3. The third-order valence-corrected chi connectivity index (χ3v) is 6.09. The summed E-state index contributed by atoms with van der Waals surface area (Å²) in [6.45, 7) is 7.79. The Bertz CT molecular complexity index is 885. The molecule has 2 aromatic rings. The minimum atomic E-state index is -0.237. The Hall–Kier alpha value is -2.82. The highest BCUT2D eigenvalue weighted by molar-refractivity contribution is 6.00. The van der Waals surface area contributed by atoms with Gasteiger partial charge < -0.3 is 14.7 Å². The van der Waals surface area contributed by atoms with E-state index in [0.717, 1.165) is 25.2 Å². The maximum Gasteiger partial charge on any atom is 0.228 e. The standard InChI is InChI=1S/C24H29N3O2/c1-3-19-7-9-21(10-8-19)27-17-20(16-23(27)28)24(29)26-13-11-25(12-14-26)22-6-4-5-18(2)15-22/h4-10,15,20H,3,11-14,16-17H2,1-2H3. The molecule has 2 aromatic carbocycles. The number of carbonyl (C=O) groups is 2. The van der Waals surface area contributed by atoms with Crippen LogP contribution in [0.2, 0.25) is 0 Å². The molecule has 2 aliphatic rings. The lowest BCUT2D eigenvalue weighted by Crippen LogP contribution is -2.50. The molecule has 0 spiro atoms. The van der Waals surface area contributed by atoms with Gasteiger partial charge in [-0.3, -0.25) is 9.59 Å². The number of piperazine rings is 1. The summed E-state index contributed by atoms with van der Waals surface area (Å²) in [4.78, 5) is 31.6. The third-order valence-electron chi connectivity index (χ3n) is 6.09. The second-order valence-corrected chi connectivity index (χ2v) is 8.08. The Balaban J connectivity index is 1.36. The molecule has 4 rings (SSSR count). The summed E-state index contributed by atoms with van der Waals surface area (Å²) in [7, 11) is 0. The van der Waals surface area contributed by atoms with E-state index in [2.05, 4.69) is 55.1 Å². The number of carbonyl (C=O) groups excluding carboxylic acids is 2. The number of anilines is 2. The normalized spacial score (nSPS) is 19.7. The average molecular weight is 392 g/mol.